The van der Waals surface area contributed by atoms with E-state index >= 15 is 0 Å². The number of halogens is 3. The second-order valence-electron chi connectivity index (χ2n) is 5.91. The monoisotopic (exact) mass is 706 g/mol. The average Bonchev–Trinajstić information content (AvgIpc) is 2.76. The molecule has 0 spiro atoms. The van der Waals surface area contributed by atoms with Crippen molar-refractivity contribution in [2.24, 2.45) is 0 Å². The molecular formula is C23H17I3O2. The van der Waals surface area contributed by atoms with Gasteiger partial charge in [0.05, 0.1) is 23.3 Å². The van der Waals surface area contributed by atoms with Gasteiger partial charge in [0.15, 0.2) is 0 Å². The molecule has 4 rings (SSSR count). The third-order valence-electron chi connectivity index (χ3n) is 4.11. The molecule has 0 aliphatic carbocycles. The van der Waals surface area contributed by atoms with Crippen LogP contribution in [0.1, 0.15) is 0 Å². The van der Waals surface area contributed by atoms with Crippen molar-refractivity contribution in [1.29, 1.82) is 0 Å². The fourth-order valence-electron chi connectivity index (χ4n) is 2.81. The molecule has 0 aliphatic rings. The Morgan fingerprint density at radius 3 is 1.43 bits per heavy atom. The largest absolute Gasteiger partial charge is 0.508 e. The zero-order valence-electron chi connectivity index (χ0n) is 14.7. The Hall–Kier alpha value is -1.20. The van der Waals surface area contributed by atoms with Crippen LogP contribution in [0.3, 0.4) is 0 Å². The fraction of sp³-hybridized carbons (Fsp3) is 0. The van der Waals surface area contributed by atoms with Gasteiger partial charge in [0.25, 0.3) is 0 Å². The second-order valence-corrected chi connectivity index (χ2v) is 22.2. The first-order valence-corrected chi connectivity index (χ1v) is 21.0. The predicted molar refractivity (Wildman–Crippen MR) is 129 cm³/mol. The van der Waals surface area contributed by atoms with Crippen molar-refractivity contribution in [2.45, 2.75) is 0 Å². The summed E-state index contributed by atoms with van der Waals surface area (Å²) in [6, 6.07) is 31.4. The third-order valence-corrected chi connectivity index (χ3v) is 4.11. The Morgan fingerprint density at radius 2 is 1.00 bits per heavy atom. The van der Waals surface area contributed by atoms with E-state index in [1.807, 2.05) is 84.9 Å². The van der Waals surface area contributed by atoms with Crippen LogP contribution in [0.15, 0.2) is 101 Å². The van der Waals surface area contributed by atoms with Gasteiger partial charge in [-0.15, -0.1) is 0 Å². The molecule has 0 bridgehead atoms. The summed E-state index contributed by atoms with van der Waals surface area (Å²) < 4.78 is 6.19. The smallest absolute Gasteiger partial charge is 0.361 e. The van der Waals surface area contributed by atoms with Crippen LogP contribution in [0.2, 0.25) is 0 Å². The van der Waals surface area contributed by atoms with Gasteiger partial charge in [-0.25, -0.2) is 4.42 Å². The van der Waals surface area contributed by atoms with Gasteiger partial charge in [0.1, 0.15) is 5.75 Å². The van der Waals surface area contributed by atoms with Crippen LogP contribution in [-0.2, 0) is 0 Å². The molecule has 3 aromatic carbocycles. The van der Waals surface area contributed by atoms with Crippen LogP contribution >= 0.6 is 37.2 Å². The molecule has 0 radical (unpaired) electrons. The summed E-state index contributed by atoms with van der Waals surface area (Å²) >= 11 is 5.30. The molecule has 2 nitrogen and oxygen atoms in total. The summed E-state index contributed by atoms with van der Waals surface area (Å²) in [5.74, 6) is 1.88. The molecule has 142 valence electrons. The van der Waals surface area contributed by atoms with E-state index in [0.29, 0.717) is 13.3 Å². The summed E-state index contributed by atoms with van der Waals surface area (Å²) in [6.07, 6.45) is 0. The molecule has 0 atom stereocenters. The minimum Gasteiger partial charge on any atom is -0.508 e. The molecule has 0 saturated heterocycles. The normalized spacial score (nSPS) is 10.2. The Bertz CT molecular complexity index is 947. The van der Waals surface area contributed by atoms with Crippen LogP contribution in [0.5, 0.6) is 5.75 Å². The summed E-state index contributed by atoms with van der Waals surface area (Å²) in [6.45, 7) is 0. The van der Waals surface area contributed by atoms with E-state index < -0.39 is 0 Å². The van der Waals surface area contributed by atoms with Crippen molar-refractivity contribution in [3.63, 3.8) is 0 Å². The van der Waals surface area contributed by atoms with Crippen molar-refractivity contribution in [3.05, 3.63) is 97.1 Å². The topological polar surface area (TPSA) is 31.5 Å². The number of phenols is 1. The molecule has 1 N–H and O–H groups in total. The Morgan fingerprint density at radius 1 is 0.571 bits per heavy atom. The van der Waals surface area contributed by atoms with Crippen LogP contribution in [0.25, 0.3) is 33.8 Å². The maximum Gasteiger partial charge on any atom is 0.361 e. The van der Waals surface area contributed by atoms with E-state index in [9.17, 15) is 5.11 Å². The van der Waals surface area contributed by atoms with Gasteiger partial charge in [-0.1, -0.05) is 48.5 Å². The summed E-state index contributed by atoms with van der Waals surface area (Å²) in [7, 11) is 0. The Labute approximate surface area is 194 Å². The third kappa shape index (κ3) is 5.90. The number of aromatic hydroxyl groups is 1. The SMILES string of the molecule is I[I-]I.Oc1ccc(-c2cc(-c3ccccc3)[o+]c(-c3ccccc3)c2)cc1. The van der Waals surface area contributed by atoms with Crippen molar-refractivity contribution in [3.8, 4) is 39.5 Å². The standard InChI is InChI=1S/C23H16O2.I3/c24-21-13-11-17(12-14-21)20-15-22(18-7-3-1-4-8-18)25-23(16-20)19-9-5-2-6-10-19;1-3-2/h1-16H;/q;-1/p+1. The van der Waals surface area contributed by atoms with E-state index in [1.54, 1.807) is 12.1 Å². The molecule has 1 heterocycles. The molecule has 28 heavy (non-hydrogen) atoms. The minimum atomic E-state index is 0.260. The molecular weight excluding hydrogens is 689 g/mol. The van der Waals surface area contributed by atoms with E-state index in [4.69, 9.17) is 4.42 Å². The summed E-state index contributed by atoms with van der Waals surface area (Å²) in [5.41, 5.74) is 4.13. The van der Waals surface area contributed by atoms with Gasteiger partial charge in [-0.05, 0) is 42.0 Å². The van der Waals surface area contributed by atoms with Gasteiger partial charge in [0, 0.05) is 5.56 Å². The van der Waals surface area contributed by atoms with Gasteiger partial charge in [-0.3, -0.25) is 0 Å². The maximum absolute atomic E-state index is 9.55. The zero-order valence-corrected chi connectivity index (χ0v) is 21.2. The number of phenolic OH excluding ortho intramolecular Hbond substituents is 1. The molecule has 0 fully saturated rings. The van der Waals surface area contributed by atoms with Gasteiger partial charge >= 0.3 is 62.0 Å². The van der Waals surface area contributed by atoms with Crippen LogP contribution in [0.4, 0.5) is 0 Å². The van der Waals surface area contributed by atoms with Crippen molar-refractivity contribution in [2.75, 3.05) is 0 Å². The van der Waals surface area contributed by atoms with E-state index in [-0.39, 0.29) is 5.75 Å². The summed E-state index contributed by atoms with van der Waals surface area (Å²) in [4.78, 5) is 0. The molecule has 0 saturated carbocycles. The van der Waals surface area contributed by atoms with E-state index in [2.05, 4.69) is 37.2 Å². The van der Waals surface area contributed by atoms with Gasteiger partial charge in [-0.2, -0.15) is 0 Å². The van der Waals surface area contributed by atoms with Crippen molar-refractivity contribution >= 4 is 37.2 Å². The Balaban J connectivity index is 0.000000706. The van der Waals surface area contributed by atoms with E-state index in [0.717, 1.165) is 33.8 Å². The van der Waals surface area contributed by atoms with E-state index in [1.165, 1.54) is 0 Å². The first-order valence-electron chi connectivity index (χ1n) is 8.47. The molecule has 0 amide bonds. The molecule has 1 aromatic heterocycles. The first-order chi connectivity index (χ1) is 13.7. The Kier molecular flexibility index (Phi) is 8.53. The zero-order chi connectivity index (χ0) is 19.8. The van der Waals surface area contributed by atoms with Crippen LogP contribution in [-0.4, -0.2) is 5.11 Å². The van der Waals surface area contributed by atoms with Gasteiger partial charge < -0.3 is 5.11 Å². The van der Waals surface area contributed by atoms with Crippen LogP contribution in [0, 0.1) is 0 Å². The second kappa shape index (κ2) is 11.1. The first kappa shape index (κ1) is 21.5. The average molecular weight is 706 g/mol. The fourth-order valence-corrected chi connectivity index (χ4v) is 2.81. The summed E-state index contributed by atoms with van der Waals surface area (Å²) in [5, 5.41) is 9.55. The quantitative estimate of drug-likeness (QED) is 0.240. The molecule has 0 aliphatic heterocycles. The van der Waals surface area contributed by atoms with Crippen molar-refractivity contribution in [1.82, 2.24) is 0 Å². The van der Waals surface area contributed by atoms with Crippen molar-refractivity contribution < 1.29 is 22.8 Å². The minimum absolute atomic E-state index is 0.260. The molecule has 5 heteroatoms. The number of hydrogen-bond donors (Lipinski definition) is 1. The number of benzene rings is 3. The van der Waals surface area contributed by atoms with Gasteiger partial charge in [0.2, 0.25) is 0 Å². The number of rotatable bonds is 3. The van der Waals surface area contributed by atoms with Crippen LogP contribution < -0.4 is 13.3 Å². The molecule has 4 aromatic rings. The number of hydrogen-bond acceptors (Lipinski definition) is 1. The molecule has 0 unspecified atom stereocenters. The maximum atomic E-state index is 9.55. The predicted octanol–water partition coefficient (Wildman–Crippen LogP) is 5.04.